The van der Waals surface area contributed by atoms with Crippen molar-refractivity contribution in [1.82, 2.24) is 5.32 Å². The molecule has 1 aliphatic heterocycles. The predicted octanol–water partition coefficient (Wildman–Crippen LogP) is 1.93. The van der Waals surface area contributed by atoms with Gasteiger partial charge in [0.2, 0.25) is 5.91 Å². The number of carbonyl (C=O) groups is 1. The molecular weight excluding hydrogens is 219 g/mol. The topological polar surface area (TPSA) is 41.1 Å². The molecule has 1 unspecified atom stereocenters. The number of anilines is 1. The van der Waals surface area contributed by atoms with E-state index < -0.39 is 0 Å². The molecule has 4 heteroatoms. The average Bonchev–Trinajstić information content (AvgIpc) is 2.22. The first-order chi connectivity index (χ1) is 8.09. The summed E-state index contributed by atoms with van der Waals surface area (Å²) < 4.78 is 13.3. The molecule has 1 aromatic carbocycles. The van der Waals surface area contributed by atoms with Crippen LogP contribution in [0.2, 0.25) is 0 Å². The highest BCUT2D eigenvalue weighted by molar-refractivity contribution is 5.93. The number of hydrogen-bond acceptors (Lipinski definition) is 2. The van der Waals surface area contributed by atoms with Crippen LogP contribution in [0.5, 0.6) is 0 Å². The monoisotopic (exact) mass is 236 g/mol. The van der Waals surface area contributed by atoms with Gasteiger partial charge in [-0.25, -0.2) is 4.39 Å². The van der Waals surface area contributed by atoms with E-state index in [0.29, 0.717) is 17.2 Å². The van der Waals surface area contributed by atoms with Crippen LogP contribution in [0.25, 0.3) is 0 Å². The van der Waals surface area contributed by atoms with E-state index in [1.54, 1.807) is 19.1 Å². The lowest BCUT2D eigenvalue weighted by atomic mass is 9.88. The fraction of sp³-hybridized carbons (Fsp3) is 0.462. The van der Waals surface area contributed by atoms with Crippen LogP contribution >= 0.6 is 0 Å². The van der Waals surface area contributed by atoms with Gasteiger partial charge in [-0.1, -0.05) is 13.0 Å². The highest BCUT2D eigenvalue weighted by atomic mass is 19.1. The molecule has 1 aromatic rings. The van der Waals surface area contributed by atoms with E-state index in [2.05, 4.69) is 10.6 Å². The molecular formula is C13H17FN2O. The Hall–Kier alpha value is -1.42. The number of rotatable bonds is 3. The number of benzene rings is 1. The summed E-state index contributed by atoms with van der Waals surface area (Å²) >= 11 is 0. The van der Waals surface area contributed by atoms with Crippen molar-refractivity contribution in [3.63, 3.8) is 0 Å². The lowest BCUT2D eigenvalue weighted by Gasteiger charge is -2.31. The van der Waals surface area contributed by atoms with Gasteiger partial charge in [0.1, 0.15) is 5.82 Å². The molecule has 1 fully saturated rings. The molecule has 2 rings (SSSR count). The van der Waals surface area contributed by atoms with E-state index in [1.165, 1.54) is 6.07 Å². The number of amides is 1. The van der Waals surface area contributed by atoms with Crippen LogP contribution in [0.15, 0.2) is 18.2 Å². The summed E-state index contributed by atoms with van der Waals surface area (Å²) in [5.41, 5.74) is 1.05. The van der Waals surface area contributed by atoms with Crippen LogP contribution in [-0.4, -0.2) is 19.0 Å². The second-order valence-electron chi connectivity index (χ2n) is 4.61. The number of hydrogen-bond donors (Lipinski definition) is 2. The van der Waals surface area contributed by atoms with Gasteiger partial charge in [-0.05, 0) is 38.1 Å². The van der Waals surface area contributed by atoms with Crippen LogP contribution in [0.1, 0.15) is 12.5 Å². The summed E-state index contributed by atoms with van der Waals surface area (Å²) in [7, 11) is 0. The quantitative estimate of drug-likeness (QED) is 0.842. The predicted molar refractivity (Wildman–Crippen MR) is 65.3 cm³/mol. The SMILES string of the molecule is Cc1c(F)cccc1NC(=O)C(C)C1CNC1. The van der Waals surface area contributed by atoms with Gasteiger partial charge in [0.15, 0.2) is 0 Å². The third kappa shape index (κ3) is 2.47. The molecule has 17 heavy (non-hydrogen) atoms. The van der Waals surface area contributed by atoms with Crippen molar-refractivity contribution in [2.24, 2.45) is 11.8 Å². The maximum atomic E-state index is 13.3. The van der Waals surface area contributed by atoms with Gasteiger partial charge >= 0.3 is 0 Å². The molecule has 92 valence electrons. The second-order valence-corrected chi connectivity index (χ2v) is 4.61. The lowest BCUT2D eigenvalue weighted by Crippen LogP contribution is -2.48. The standard InChI is InChI=1S/C13H17FN2O/c1-8(10-6-15-7-10)13(17)16-12-5-3-4-11(14)9(12)2/h3-5,8,10,15H,6-7H2,1-2H3,(H,16,17). The Morgan fingerprint density at radius 3 is 2.82 bits per heavy atom. The third-order valence-electron chi connectivity index (χ3n) is 3.46. The molecule has 0 saturated carbocycles. The zero-order valence-electron chi connectivity index (χ0n) is 10.1. The van der Waals surface area contributed by atoms with Crippen LogP contribution < -0.4 is 10.6 Å². The normalized spacial score (nSPS) is 17.4. The first kappa shape index (κ1) is 12.0. The molecule has 1 heterocycles. The van der Waals surface area contributed by atoms with Crippen molar-refractivity contribution in [1.29, 1.82) is 0 Å². The second kappa shape index (κ2) is 4.84. The molecule has 1 aliphatic rings. The summed E-state index contributed by atoms with van der Waals surface area (Å²) in [4.78, 5) is 11.9. The Balaban J connectivity index is 2.04. The third-order valence-corrected chi connectivity index (χ3v) is 3.46. The summed E-state index contributed by atoms with van der Waals surface area (Å²) in [6.45, 7) is 5.35. The molecule has 0 aromatic heterocycles. The first-order valence-corrected chi connectivity index (χ1v) is 5.86. The van der Waals surface area contributed by atoms with Crippen molar-refractivity contribution in [2.75, 3.05) is 18.4 Å². The molecule has 3 nitrogen and oxygen atoms in total. The Bertz CT molecular complexity index is 429. The minimum absolute atomic E-state index is 0.0369. The largest absolute Gasteiger partial charge is 0.326 e. The Morgan fingerprint density at radius 1 is 1.53 bits per heavy atom. The van der Waals surface area contributed by atoms with E-state index in [-0.39, 0.29) is 17.6 Å². The molecule has 0 radical (unpaired) electrons. The highest BCUT2D eigenvalue weighted by Gasteiger charge is 2.28. The van der Waals surface area contributed by atoms with Crippen molar-refractivity contribution < 1.29 is 9.18 Å². The maximum absolute atomic E-state index is 13.3. The maximum Gasteiger partial charge on any atom is 0.227 e. The minimum atomic E-state index is -0.291. The van der Waals surface area contributed by atoms with E-state index in [9.17, 15) is 9.18 Å². The van der Waals surface area contributed by atoms with Gasteiger partial charge in [0.25, 0.3) is 0 Å². The smallest absolute Gasteiger partial charge is 0.227 e. The lowest BCUT2D eigenvalue weighted by molar-refractivity contribution is -0.121. The average molecular weight is 236 g/mol. The van der Waals surface area contributed by atoms with Crippen molar-refractivity contribution in [3.8, 4) is 0 Å². The van der Waals surface area contributed by atoms with Crippen LogP contribution in [0, 0.1) is 24.6 Å². The van der Waals surface area contributed by atoms with Crippen LogP contribution in [0.4, 0.5) is 10.1 Å². The van der Waals surface area contributed by atoms with Crippen LogP contribution in [-0.2, 0) is 4.79 Å². The van der Waals surface area contributed by atoms with E-state index in [1.807, 2.05) is 6.92 Å². The Morgan fingerprint density at radius 2 is 2.24 bits per heavy atom. The van der Waals surface area contributed by atoms with Gasteiger partial charge in [0, 0.05) is 17.2 Å². The fourth-order valence-electron chi connectivity index (χ4n) is 1.87. The number of halogens is 1. The van der Waals surface area contributed by atoms with Gasteiger partial charge in [-0.3, -0.25) is 4.79 Å². The zero-order valence-corrected chi connectivity index (χ0v) is 10.1. The van der Waals surface area contributed by atoms with Gasteiger partial charge in [-0.2, -0.15) is 0 Å². The molecule has 1 saturated heterocycles. The molecule has 0 bridgehead atoms. The summed E-state index contributed by atoms with van der Waals surface area (Å²) in [5.74, 6) is 0.0220. The zero-order chi connectivity index (χ0) is 12.4. The van der Waals surface area contributed by atoms with E-state index >= 15 is 0 Å². The van der Waals surface area contributed by atoms with Gasteiger partial charge in [0.05, 0.1) is 0 Å². The van der Waals surface area contributed by atoms with Gasteiger partial charge < -0.3 is 10.6 Å². The van der Waals surface area contributed by atoms with E-state index in [0.717, 1.165) is 13.1 Å². The van der Waals surface area contributed by atoms with Gasteiger partial charge in [-0.15, -0.1) is 0 Å². The Kier molecular flexibility index (Phi) is 3.43. The summed E-state index contributed by atoms with van der Waals surface area (Å²) in [5, 5.41) is 5.93. The fourth-order valence-corrected chi connectivity index (χ4v) is 1.87. The van der Waals surface area contributed by atoms with Crippen LogP contribution in [0.3, 0.4) is 0 Å². The molecule has 2 N–H and O–H groups in total. The summed E-state index contributed by atoms with van der Waals surface area (Å²) in [6, 6.07) is 4.72. The Labute approximate surface area is 100 Å². The first-order valence-electron chi connectivity index (χ1n) is 5.86. The van der Waals surface area contributed by atoms with E-state index in [4.69, 9.17) is 0 Å². The van der Waals surface area contributed by atoms with Crippen molar-refractivity contribution >= 4 is 11.6 Å². The highest BCUT2D eigenvalue weighted by Crippen LogP contribution is 2.21. The van der Waals surface area contributed by atoms with Crippen molar-refractivity contribution in [3.05, 3.63) is 29.6 Å². The molecule has 0 aliphatic carbocycles. The minimum Gasteiger partial charge on any atom is -0.326 e. The number of nitrogens with one attached hydrogen (secondary N) is 2. The molecule has 0 spiro atoms. The van der Waals surface area contributed by atoms with Crippen molar-refractivity contribution in [2.45, 2.75) is 13.8 Å². The summed E-state index contributed by atoms with van der Waals surface area (Å²) in [6.07, 6.45) is 0. The number of carbonyl (C=O) groups excluding carboxylic acids is 1. The molecule has 1 atom stereocenters. The molecule has 1 amide bonds.